The van der Waals surface area contributed by atoms with Crippen LogP contribution < -0.4 is 10.1 Å². The molecule has 1 saturated heterocycles. The van der Waals surface area contributed by atoms with E-state index in [0.717, 1.165) is 42.8 Å². The molecular formula is C28H33N7O3. The number of aromatic nitrogens is 4. The summed E-state index contributed by atoms with van der Waals surface area (Å²) in [5, 5.41) is 14.1. The Morgan fingerprint density at radius 3 is 2.63 bits per heavy atom. The van der Waals surface area contributed by atoms with Gasteiger partial charge in [0, 0.05) is 67.7 Å². The van der Waals surface area contributed by atoms with Gasteiger partial charge in [0.05, 0.1) is 23.6 Å². The maximum Gasteiger partial charge on any atom is 0.270 e. The number of anilines is 2. The van der Waals surface area contributed by atoms with Crippen LogP contribution in [0.2, 0.25) is 0 Å². The van der Waals surface area contributed by atoms with E-state index in [4.69, 9.17) is 4.74 Å². The average Bonchev–Trinajstić information content (AvgIpc) is 3.32. The minimum Gasteiger partial charge on any atom is -0.493 e. The number of hydrogen-bond donors (Lipinski definition) is 3. The Morgan fingerprint density at radius 2 is 1.84 bits per heavy atom. The molecule has 0 unspecified atom stereocenters. The summed E-state index contributed by atoms with van der Waals surface area (Å²) in [6.45, 7) is 7.14. The van der Waals surface area contributed by atoms with Crippen LogP contribution >= 0.6 is 0 Å². The number of carbonyl (C=O) groups excluding carboxylic acids is 1. The number of fused-ring (bicyclic) bond motifs is 1. The van der Waals surface area contributed by atoms with Crippen molar-refractivity contribution in [1.82, 2.24) is 29.7 Å². The van der Waals surface area contributed by atoms with E-state index in [9.17, 15) is 9.90 Å². The van der Waals surface area contributed by atoms with E-state index in [-0.39, 0.29) is 5.91 Å². The first-order chi connectivity index (χ1) is 18.2. The fourth-order valence-corrected chi connectivity index (χ4v) is 4.26. The molecule has 4 aromatic rings. The third kappa shape index (κ3) is 6.27. The van der Waals surface area contributed by atoms with Crippen LogP contribution in [0.25, 0.3) is 22.3 Å². The van der Waals surface area contributed by atoms with Crippen molar-refractivity contribution in [2.75, 3.05) is 45.2 Å². The summed E-state index contributed by atoms with van der Waals surface area (Å²) in [6.07, 6.45) is 3.86. The normalized spacial score (nSPS) is 14.6. The lowest BCUT2D eigenvalue weighted by molar-refractivity contribution is 0.0553. The minimum absolute atomic E-state index is 0.0265. The zero-order chi connectivity index (χ0) is 26.7. The summed E-state index contributed by atoms with van der Waals surface area (Å²) in [4.78, 5) is 33.8. The third-order valence-electron chi connectivity index (χ3n) is 6.53. The first-order valence-corrected chi connectivity index (χ1v) is 12.8. The summed E-state index contributed by atoms with van der Waals surface area (Å²) in [7, 11) is 2.07. The van der Waals surface area contributed by atoms with Crippen LogP contribution in [0.4, 0.5) is 11.6 Å². The highest BCUT2D eigenvalue weighted by atomic mass is 16.5. The molecule has 10 nitrogen and oxygen atoms in total. The number of ether oxygens (including phenoxy) is 1. The van der Waals surface area contributed by atoms with Gasteiger partial charge in [-0.05, 0) is 57.3 Å². The molecule has 0 aliphatic carbocycles. The van der Waals surface area contributed by atoms with E-state index in [2.05, 4.69) is 37.2 Å². The Balaban J connectivity index is 1.28. The summed E-state index contributed by atoms with van der Waals surface area (Å²) in [5.41, 5.74) is 2.82. The number of carbonyl (C=O) groups is 1. The van der Waals surface area contributed by atoms with Crippen molar-refractivity contribution in [2.24, 2.45) is 0 Å². The molecule has 0 bridgehead atoms. The molecule has 3 aromatic heterocycles. The molecule has 4 heterocycles. The van der Waals surface area contributed by atoms with Gasteiger partial charge in [-0.1, -0.05) is 0 Å². The van der Waals surface area contributed by atoms with Crippen LogP contribution in [0.15, 0.2) is 54.9 Å². The molecule has 198 valence electrons. The lowest BCUT2D eigenvalue weighted by Gasteiger charge is -2.32. The van der Waals surface area contributed by atoms with Gasteiger partial charge in [0.1, 0.15) is 11.4 Å². The van der Waals surface area contributed by atoms with Crippen LogP contribution in [0.1, 0.15) is 30.8 Å². The standard InChI is InChI=1S/C28H33N7O3/c1-28(2,37)8-15-38-21-6-9-29-24(18-21)23-7-10-30-27(33-23)31-20-4-5-22-19(16-20)17-25(32-22)26(36)35-13-11-34(3)12-14-35/h4-7,9-10,16-18,32,37H,8,11-15H2,1-3H3,(H,30,31,33). The van der Waals surface area contributed by atoms with Crippen molar-refractivity contribution in [3.63, 3.8) is 0 Å². The number of benzene rings is 1. The van der Waals surface area contributed by atoms with Crippen LogP contribution in [-0.4, -0.2) is 86.2 Å². The van der Waals surface area contributed by atoms with Gasteiger partial charge >= 0.3 is 0 Å². The van der Waals surface area contributed by atoms with Crippen LogP contribution in [0, 0.1) is 0 Å². The summed E-state index contributed by atoms with van der Waals surface area (Å²) in [5.74, 6) is 1.12. The number of nitrogens with zero attached hydrogens (tertiary/aromatic N) is 5. The molecule has 10 heteroatoms. The zero-order valence-corrected chi connectivity index (χ0v) is 21.9. The van der Waals surface area contributed by atoms with Crippen molar-refractivity contribution >= 4 is 28.4 Å². The number of likely N-dealkylation sites (N-methyl/N-ethyl adjacent to an activating group) is 1. The molecule has 1 amide bonds. The van der Waals surface area contributed by atoms with E-state index >= 15 is 0 Å². The Labute approximate surface area is 221 Å². The fourth-order valence-electron chi connectivity index (χ4n) is 4.26. The Hall–Kier alpha value is -4.02. The van der Waals surface area contributed by atoms with Crippen LogP contribution in [0.3, 0.4) is 0 Å². The van der Waals surface area contributed by atoms with Gasteiger partial charge in [0.15, 0.2) is 0 Å². The van der Waals surface area contributed by atoms with E-state index in [1.807, 2.05) is 35.2 Å². The fraction of sp³-hybridized carbons (Fsp3) is 0.357. The molecule has 1 aliphatic rings. The summed E-state index contributed by atoms with van der Waals surface area (Å²) >= 11 is 0. The molecule has 3 N–H and O–H groups in total. The van der Waals surface area contributed by atoms with E-state index < -0.39 is 5.60 Å². The Bertz CT molecular complexity index is 1420. The van der Waals surface area contributed by atoms with Gasteiger partial charge < -0.3 is 29.9 Å². The van der Waals surface area contributed by atoms with Gasteiger partial charge in [-0.2, -0.15) is 0 Å². The Morgan fingerprint density at radius 1 is 1.05 bits per heavy atom. The van der Waals surface area contributed by atoms with Crippen molar-refractivity contribution in [1.29, 1.82) is 0 Å². The SMILES string of the molecule is CN1CCN(C(=O)c2cc3cc(Nc4nccc(-c5cc(OCCC(C)(C)O)ccn5)n4)ccc3[nH]2)CC1. The predicted octanol–water partition coefficient (Wildman–Crippen LogP) is 3.69. The molecule has 1 fully saturated rings. The number of rotatable bonds is 8. The van der Waals surface area contributed by atoms with Crippen LogP contribution in [0.5, 0.6) is 5.75 Å². The highest BCUT2D eigenvalue weighted by Crippen LogP contribution is 2.25. The van der Waals surface area contributed by atoms with Crippen molar-refractivity contribution in [2.45, 2.75) is 25.9 Å². The second-order valence-electron chi connectivity index (χ2n) is 10.3. The van der Waals surface area contributed by atoms with Crippen LogP contribution in [-0.2, 0) is 0 Å². The van der Waals surface area contributed by atoms with E-state index in [0.29, 0.717) is 41.8 Å². The first-order valence-electron chi connectivity index (χ1n) is 12.8. The number of piperazine rings is 1. The predicted molar refractivity (Wildman–Crippen MR) is 147 cm³/mol. The lowest BCUT2D eigenvalue weighted by Crippen LogP contribution is -2.47. The van der Waals surface area contributed by atoms with Gasteiger partial charge in [-0.15, -0.1) is 0 Å². The van der Waals surface area contributed by atoms with Gasteiger partial charge in [-0.25, -0.2) is 9.97 Å². The third-order valence-corrected chi connectivity index (χ3v) is 6.53. The smallest absolute Gasteiger partial charge is 0.270 e. The maximum atomic E-state index is 13.0. The number of H-pyrrole nitrogens is 1. The second-order valence-corrected chi connectivity index (χ2v) is 10.3. The number of amides is 1. The Kier molecular flexibility index (Phi) is 7.26. The first kappa shape index (κ1) is 25.6. The molecular weight excluding hydrogens is 482 g/mol. The summed E-state index contributed by atoms with van der Waals surface area (Å²) in [6, 6.07) is 13.1. The van der Waals surface area contributed by atoms with Gasteiger partial charge in [0.2, 0.25) is 5.95 Å². The number of aliphatic hydroxyl groups is 1. The molecule has 0 saturated carbocycles. The topological polar surface area (TPSA) is 120 Å². The molecule has 0 radical (unpaired) electrons. The zero-order valence-electron chi connectivity index (χ0n) is 21.9. The number of nitrogens with one attached hydrogen (secondary N) is 2. The molecule has 0 atom stereocenters. The number of aromatic amines is 1. The van der Waals surface area contributed by atoms with Crippen molar-refractivity contribution in [3.8, 4) is 17.1 Å². The maximum absolute atomic E-state index is 13.0. The van der Waals surface area contributed by atoms with E-state index in [1.54, 1.807) is 38.4 Å². The minimum atomic E-state index is -0.784. The van der Waals surface area contributed by atoms with E-state index in [1.165, 1.54) is 0 Å². The largest absolute Gasteiger partial charge is 0.493 e. The van der Waals surface area contributed by atoms with Gasteiger partial charge in [-0.3, -0.25) is 9.78 Å². The van der Waals surface area contributed by atoms with Gasteiger partial charge in [0.25, 0.3) is 5.91 Å². The van der Waals surface area contributed by atoms with Crippen molar-refractivity contribution < 1.29 is 14.6 Å². The highest BCUT2D eigenvalue weighted by molar-refractivity contribution is 5.98. The number of hydrogen-bond acceptors (Lipinski definition) is 8. The molecule has 5 rings (SSSR count). The highest BCUT2D eigenvalue weighted by Gasteiger charge is 2.22. The average molecular weight is 516 g/mol. The monoisotopic (exact) mass is 515 g/mol. The lowest BCUT2D eigenvalue weighted by atomic mass is 10.1. The molecule has 0 spiro atoms. The number of pyridine rings is 1. The summed E-state index contributed by atoms with van der Waals surface area (Å²) < 4.78 is 5.78. The quantitative estimate of drug-likeness (QED) is 0.325. The van der Waals surface area contributed by atoms with Crippen molar-refractivity contribution in [3.05, 3.63) is 60.6 Å². The second kappa shape index (κ2) is 10.8. The molecule has 1 aliphatic heterocycles. The molecule has 38 heavy (non-hydrogen) atoms. The molecule has 1 aromatic carbocycles.